The van der Waals surface area contributed by atoms with Crippen LogP contribution in [0.4, 0.5) is 0 Å². The van der Waals surface area contributed by atoms with Crippen molar-refractivity contribution in [2.45, 2.75) is 36.8 Å². The van der Waals surface area contributed by atoms with Crippen molar-refractivity contribution in [2.75, 3.05) is 26.2 Å². The minimum atomic E-state index is -0.0495. The third-order valence-corrected chi connectivity index (χ3v) is 5.43. The molecule has 0 radical (unpaired) electrons. The van der Waals surface area contributed by atoms with Crippen LogP contribution in [0.25, 0.3) is 0 Å². The van der Waals surface area contributed by atoms with Crippen LogP contribution >= 0.6 is 35.8 Å². The van der Waals surface area contributed by atoms with Gasteiger partial charge in [-0.3, -0.25) is 4.79 Å². The fraction of sp³-hybridized carbons (Fsp3) is 0.588. The van der Waals surface area contributed by atoms with E-state index in [4.69, 9.17) is 11.6 Å². The van der Waals surface area contributed by atoms with Crippen molar-refractivity contribution >= 4 is 41.7 Å². The van der Waals surface area contributed by atoms with Gasteiger partial charge in [0.1, 0.15) is 0 Å². The molecule has 3 nitrogen and oxygen atoms in total. The van der Waals surface area contributed by atoms with Gasteiger partial charge in [-0.1, -0.05) is 18.5 Å². The summed E-state index contributed by atoms with van der Waals surface area (Å²) in [4.78, 5) is 15.7. The summed E-state index contributed by atoms with van der Waals surface area (Å²) in [6.07, 6.45) is 2.22. The van der Waals surface area contributed by atoms with Crippen LogP contribution < -0.4 is 5.32 Å². The van der Waals surface area contributed by atoms with Gasteiger partial charge < -0.3 is 10.2 Å². The number of amides is 1. The summed E-state index contributed by atoms with van der Waals surface area (Å²) in [5.74, 6) is 0.963. The molecule has 1 aliphatic rings. The van der Waals surface area contributed by atoms with Crippen LogP contribution in [0.3, 0.4) is 0 Å². The SMILES string of the molecule is CCNCC1CCN(C(=O)C(C)Sc2ccc(Cl)cc2)CC1.Cl. The maximum atomic E-state index is 12.6. The Labute approximate surface area is 154 Å². The molecule has 1 atom stereocenters. The predicted octanol–water partition coefficient (Wildman–Crippen LogP) is 4.09. The maximum absolute atomic E-state index is 12.6. The van der Waals surface area contributed by atoms with E-state index in [-0.39, 0.29) is 23.6 Å². The number of carbonyl (C=O) groups is 1. The summed E-state index contributed by atoms with van der Waals surface area (Å²) in [7, 11) is 0. The Bertz CT molecular complexity index is 476. The number of rotatable bonds is 6. The first kappa shape index (κ1) is 20.6. The number of hydrogen-bond acceptors (Lipinski definition) is 3. The average Bonchev–Trinajstić information content (AvgIpc) is 2.55. The maximum Gasteiger partial charge on any atom is 0.235 e. The van der Waals surface area contributed by atoms with E-state index in [1.807, 2.05) is 36.1 Å². The van der Waals surface area contributed by atoms with Gasteiger partial charge in [-0.15, -0.1) is 24.2 Å². The zero-order chi connectivity index (χ0) is 15.9. The topological polar surface area (TPSA) is 32.3 Å². The van der Waals surface area contributed by atoms with E-state index < -0.39 is 0 Å². The number of benzene rings is 1. The number of likely N-dealkylation sites (tertiary alicyclic amines) is 1. The van der Waals surface area contributed by atoms with Crippen LogP contribution in [-0.4, -0.2) is 42.2 Å². The van der Waals surface area contributed by atoms with E-state index in [2.05, 4.69) is 12.2 Å². The molecular formula is C17H26Cl2N2OS. The van der Waals surface area contributed by atoms with Gasteiger partial charge in [0.05, 0.1) is 5.25 Å². The van der Waals surface area contributed by atoms with Crippen molar-refractivity contribution in [3.05, 3.63) is 29.3 Å². The molecule has 0 aliphatic carbocycles. The molecule has 1 aromatic carbocycles. The third-order valence-electron chi connectivity index (χ3n) is 4.08. The van der Waals surface area contributed by atoms with Crippen molar-refractivity contribution in [3.8, 4) is 0 Å². The molecule has 0 bridgehead atoms. The second kappa shape index (κ2) is 10.4. The molecule has 1 amide bonds. The number of hydrogen-bond donors (Lipinski definition) is 1. The molecule has 1 fully saturated rings. The lowest BCUT2D eigenvalue weighted by Gasteiger charge is -2.33. The highest BCUT2D eigenvalue weighted by atomic mass is 35.5. The summed E-state index contributed by atoms with van der Waals surface area (Å²) in [6, 6.07) is 7.68. The normalized spacial score (nSPS) is 16.7. The fourth-order valence-electron chi connectivity index (χ4n) is 2.73. The summed E-state index contributed by atoms with van der Waals surface area (Å²) >= 11 is 7.50. The Morgan fingerprint density at radius 2 is 1.96 bits per heavy atom. The summed E-state index contributed by atoms with van der Waals surface area (Å²) in [5, 5.41) is 4.08. The number of thioether (sulfide) groups is 1. The average molecular weight is 377 g/mol. The van der Waals surface area contributed by atoms with Crippen LogP contribution in [-0.2, 0) is 4.79 Å². The molecule has 0 spiro atoms. The van der Waals surface area contributed by atoms with E-state index in [1.165, 1.54) is 0 Å². The monoisotopic (exact) mass is 376 g/mol. The van der Waals surface area contributed by atoms with E-state index in [1.54, 1.807) is 11.8 Å². The Balaban J connectivity index is 0.00000264. The largest absolute Gasteiger partial charge is 0.342 e. The van der Waals surface area contributed by atoms with Gasteiger partial charge in [0.15, 0.2) is 0 Å². The third kappa shape index (κ3) is 6.54. The Kier molecular flexibility index (Phi) is 9.37. The van der Waals surface area contributed by atoms with Crippen LogP contribution in [0.1, 0.15) is 26.7 Å². The highest BCUT2D eigenvalue weighted by molar-refractivity contribution is 8.00. The number of carbonyl (C=O) groups excluding carboxylic acids is 1. The molecule has 1 unspecified atom stereocenters. The van der Waals surface area contributed by atoms with Crippen LogP contribution in [0.2, 0.25) is 5.02 Å². The number of piperidine rings is 1. The minimum Gasteiger partial charge on any atom is -0.342 e. The molecule has 0 saturated carbocycles. The highest BCUT2D eigenvalue weighted by Crippen LogP contribution is 2.27. The van der Waals surface area contributed by atoms with Gasteiger partial charge in [-0.25, -0.2) is 0 Å². The van der Waals surface area contributed by atoms with Crippen LogP contribution in [0, 0.1) is 5.92 Å². The van der Waals surface area contributed by atoms with Crippen molar-refractivity contribution in [1.82, 2.24) is 10.2 Å². The van der Waals surface area contributed by atoms with Gasteiger partial charge in [-0.2, -0.15) is 0 Å². The van der Waals surface area contributed by atoms with Gasteiger partial charge >= 0.3 is 0 Å². The second-order valence-electron chi connectivity index (χ2n) is 5.79. The van der Waals surface area contributed by atoms with E-state index in [0.29, 0.717) is 5.92 Å². The Morgan fingerprint density at radius 3 is 2.52 bits per heavy atom. The Morgan fingerprint density at radius 1 is 1.35 bits per heavy atom. The standard InChI is InChI=1S/C17H25ClN2OS.ClH/c1-3-19-12-14-8-10-20(11-9-14)17(21)13(2)22-16-6-4-15(18)5-7-16;/h4-7,13-14,19H,3,8-12H2,1-2H3;1H. The van der Waals surface area contributed by atoms with Gasteiger partial charge in [0, 0.05) is 23.0 Å². The molecule has 130 valence electrons. The minimum absolute atomic E-state index is 0. The fourth-order valence-corrected chi connectivity index (χ4v) is 3.81. The zero-order valence-electron chi connectivity index (χ0n) is 13.8. The van der Waals surface area contributed by atoms with Crippen LogP contribution in [0.5, 0.6) is 0 Å². The first-order chi connectivity index (χ1) is 10.6. The molecule has 1 aromatic rings. The van der Waals surface area contributed by atoms with Gasteiger partial charge in [0.2, 0.25) is 5.91 Å². The van der Waals surface area contributed by atoms with E-state index >= 15 is 0 Å². The van der Waals surface area contributed by atoms with Gasteiger partial charge in [-0.05, 0) is 63.0 Å². The zero-order valence-corrected chi connectivity index (χ0v) is 16.1. The first-order valence-electron chi connectivity index (χ1n) is 8.02. The lowest BCUT2D eigenvalue weighted by Crippen LogP contribution is -2.43. The molecule has 2 rings (SSSR count). The Hall–Kier alpha value is -0.420. The lowest BCUT2D eigenvalue weighted by molar-refractivity contribution is -0.131. The molecule has 23 heavy (non-hydrogen) atoms. The van der Waals surface area contributed by atoms with Crippen molar-refractivity contribution < 1.29 is 4.79 Å². The van der Waals surface area contributed by atoms with Crippen LogP contribution in [0.15, 0.2) is 29.2 Å². The van der Waals surface area contributed by atoms with Crippen molar-refractivity contribution in [2.24, 2.45) is 5.92 Å². The summed E-state index contributed by atoms with van der Waals surface area (Å²) < 4.78 is 0. The molecular weight excluding hydrogens is 351 g/mol. The van der Waals surface area contributed by atoms with Crippen molar-refractivity contribution in [3.63, 3.8) is 0 Å². The molecule has 1 N–H and O–H groups in total. The first-order valence-corrected chi connectivity index (χ1v) is 9.27. The van der Waals surface area contributed by atoms with E-state index in [9.17, 15) is 4.79 Å². The highest BCUT2D eigenvalue weighted by Gasteiger charge is 2.26. The number of nitrogens with zero attached hydrogens (tertiary/aromatic N) is 1. The molecule has 6 heteroatoms. The number of nitrogens with one attached hydrogen (secondary N) is 1. The van der Waals surface area contributed by atoms with E-state index in [0.717, 1.165) is 48.9 Å². The smallest absolute Gasteiger partial charge is 0.235 e. The predicted molar refractivity (Wildman–Crippen MR) is 102 cm³/mol. The summed E-state index contributed by atoms with van der Waals surface area (Å²) in [6.45, 7) is 8.00. The van der Waals surface area contributed by atoms with Gasteiger partial charge in [0.25, 0.3) is 0 Å². The quantitative estimate of drug-likeness (QED) is 0.758. The van der Waals surface area contributed by atoms with Crippen molar-refractivity contribution in [1.29, 1.82) is 0 Å². The molecule has 0 aromatic heterocycles. The second-order valence-corrected chi connectivity index (χ2v) is 7.64. The lowest BCUT2D eigenvalue weighted by atomic mass is 9.96. The number of halogens is 2. The molecule has 1 heterocycles. The molecule has 1 aliphatic heterocycles. The summed E-state index contributed by atoms with van der Waals surface area (Å²) in [5.41, 5.74) is 0. The molecule has 1 saturated heterocycles.